The average molecular weight is 375 g/mol. The first-order valence-electron chi connectivity index (χ1n) is 9.56. The fourth-order valence-electron chi connectivity index (χ4n) is 5.37. The quantitative estimate of drug-likeness (QED) is 0.582. The third-order valence-corrected chi connectivity index (χ3v) is 7.73. The summed E-state index contributed by atoms with van der Waals surface area (Å²) >= 11 is 1.63. The zero-order valence-electron chi connectivity index (χ0n) is 16.0. The molecule has 0 aliphatic heterocycles. The van der Waals surface area contributed by atoms with Crippen molar-refractivity contribution in [3.63, 3.8) is 0 Å². The van der Waals surface area contributed by atoms with Crippen LogP contribution in [-0.4, -0.2) is 23.8 Å². The molecule has 26 heavy (non-hydrogen) atoms. The van der Waals surface area contributed by atoms with Crippen molar-refractivity contribution in [1.82, 2.24) is 0 Å². The summed E-state index contributed by atoms with van der Waals surface area (Å²) in [4.78, 5) is 13.7. The zero-order chi connectivity index (χ0) is 18.8. The van der Waals surface area contributed by atoms with Gasteiger partial charge in [0.05, 0.1) is 18.1 Å². The van der Waals surface area contributed by atoms with E-state index in [9.17, 15) is 9.90 Å². The lowest BCUT2D eigenvalue weighted by molar-refractivity contribution is -0.187. The molecule has 2 aliphatic rings. The Morgan fingerprint density at radius 1 is 1.19 bits per heavy atom. The highest BCUT2D eigenvalue weighted by Crippen LogP contribution is 2.62. The van der Waals surface area contributed by atoms with E-state index in [1.807, 2.05) is 36.6 Å². The van der Waals surface area contributed by atoms with Gasteiger partial charge < -0.3 is 9.84 Å². The predicted octanol–water partition coefficient (Wildman–Crippen LogP) is 5.19. The molecule has 0 heterocycles. The number of esters is 1. The molecular formula is C22H30O3S. The van der Waals surface area contributed by atoms with E-state index in [1.165, 1.54) is 7.11 Å². The monoisotopic (exact) mass is 374 g/mol. The number of hydrogen-bond acceptors (Lipinski definition) is 4. The minimum Gasteiger partial charge on any atom is -0.469 e. The number of aliphatic hydroxyl groups is 1. The molecule has 0 saturated heterocycles. The Labute approximate surface area is 161 Å². The second-order valence-corrected chi connectivity index (χ2v) is 9.26. The predicted molar refractivity (Wildman–Crippen MR) is 106 cm³/mol. The van der Waals surface area contributed by atoms with Crippen LogP contribution in [0.15, 0.2) is 46.7 Å². The molecule has 2 fully saturated rings. The lowest BCUT2D eigenvalue weighted by atomic mass is 9.46. The third-order valence-electron chi connectivity index (χ3n) is 6.91. The van der Waals surface area contributed by atoms with Crippen LogP contribution in [0.2, 0.25) is 0 Å². The van der Waals surface area contributed by atoms with Crippen LogP contribution in [0.25, 0.3) is 0 Å². The van der Waals surface area contributed by atoms with Gasteiger partial charge in [0, 0.05) is 10.3 Å². The Hall–Kier alpha value is -1.26. The maximum absolute atomic E-state index is 12.6. The van der Waals surface area contributed by atoms with Gasteiger partial charge in [-0.3, -0.25) is 4.79 Å². The minimum absolute atomic E-state index is 0.125. The van der Waals surface area contributed by atoms with Gasteiger partial charge in [-0.15, -0.1) is 0 Å². The largest absolute Gasteiger partial charge is 0.469 e. The first-order valence-corrected chi connectivity index (χ1v) is 10.4. The van der Waals surface area contributed by atoms with Crippen molar-refractivity contribution in [2.45, 2.75) is 62.9 Å². The van der Waals surface area contributed by atoms with Gasteiger partial charge >= 0.3 is 5.97 Å². The molecular weight excluding hydrogens is 344 g/mol. The van der Waals surface area contributed by atoms with Crippen molar-refractivity contribution in [2.24, 2.45) is 16.7 Å². The molecule has 142 valence electrons. The Morgan fingerprint density at radius 2 is 1.92 bits per heavy atom. The molecule has 1 aromatic carbocycles. The number of carbonyl (C=O) groups is 1. The molecule has 3 nitrogen and oxygen atoms in total. The fourth-order valence-corrected chi connectivity index (χ4v) is 6.13. The maximum atomic E-state index is 12.6. The number of thioether (sulfide) groups is 1. The summed E-state index contributed by atoms with van der Waals surface area (Å²) in [6.45, 7) is 4.21. The molecule has 2 unspecified atom stereocenters. The second kappa shape index (κ2) is 7.40. The van der Waals surface area contributed by atoms with Crippen molar-refractivity contribution in [2.75, 3.05) is 7.11 Å². The van der Waals surface area contributed by atoms with E-state index >= 15 is 0 Å². The summed E-state index contributed by atoms with van der Waals surface area (Å²) < 4.78 is 5.15. The molecule has 2 aliphatic carbocycles. The van der Waals surface area contributed by atoms with Crippen molar-refractivity contribution in [3.8, 4) is 0 Å². The Morgan fingerprint density at radius 3 is 2.62 bits per heavy atom. The van der Waals surface area contributed by atoms with Gasteiger partial charge in [0.25, 0.3) is 0 Å². The number of methoxy groups -OCH3 is 1. The highest BCUT2D eigenvalue weighted by molar-refractivity contribution is 8.02. The van der Waals surface area contributed by atoms with Crippen molar-refractivity contribution >= 4 is 17.7 Å². The summed E-state index contributed by atoms with van der Waals surface area (Å²) in [7, 11) is 1.48. The Bertz CT molecular complexity index is 673. The summed E-state index contributed by atoms with van der Waals surface area (Å²) in [5, 5.41) is 13.7. The second-order valence-electron chi connectivity index (χ2n) is 8.28. The van der Waals surface area contributed by atoms with Gasteiger partial charge in [-0.05, 0) is 68.6 Å². The first kappa shape index (κ1) is 19.5. The van der Waals surface area contributed by atoms with Gasteiger partial charge in [-0.25, -0.2) is 0 Å². The highest BCUT2D eigenvalue weighted by atomic mass is 32.2. The van der Waals surface area contributed by atoms with E-state index < -0.39 is 11.0 Å². The Kier molecular flexibility index (Phi) is 5.55. The molecule has 2 saturated carbocycles. The summed E-state index contributed by atoms with van der Waals surface area (Å²) in [5.74, 6) is 0.0154. The van der Waals surface area contributed by atoms with Gasteiger partial charge in [-0.1, -0.05) is 43.3 Å². The maximum Gasteiger partial charge on any atom is 0.311 e. The van der Waals surface area contributed by atoms with E-state index in [0.717, 1.165) is 43.4 Å². The van der Waals surface area contributed by atoms with Crippen LogP contribution in [0.4, 0.5) is 0 Å². The van der Waals surface area contributed by atoms with E-state index in [1.54, 1.807) is 11.8 Å². The highest BCUT2D eigenvalue weighted by Gasteiger charge is 2.61. The number of benzene rings is 1. The van der Waals surface area contributed by atoms with E-state index in [0.29, 0.717) is 0 Å². The van der Waals surface area contributed by atoms with E-state index in [-0.39, 0.29) is 17.3 Å². The van der Waals surface area contributed by atoms with E-state index in [4.69, 9.17) is 4.74 Å². The van der Waals surface area contributed by atoms with Crippen LogP contribution in [-0.2, 0) is 9.53 Å². The molecule has 0 spiro atoms. The number of rotatable bonds is 4. The number of ether oxygens (including phenoxy) is 1. The summed E-state index contributed by atoms with van der Waals surface area (Å²) in [6.07, 6.45) is 7.39. The van der Waals surface area contributed by atoms with Crippen LogP contribution in [0.5, 0.6) is 0 Å². The van der Waals surface area contributed by atoms with Crippen LogP contribution in [0, 0.1) is 16.7 Å². The van der Waals surface area contributed by atoms with Gasteiger partial charge in [0.2, 0.25) is 0 Å². The number of fused-ring (bicyclic) bond motifs is 1. The standard InChI is InChI=1S/C22H30O3S/c1-20(19(23)25-3)12-8-13-21(2)18(20)11-7-14-22(21,24)15-16-26-17-9-5-4-6-10-17/h4-6,9-10,15-16,18,24H,7-8,11-14H2,1-3H3/b16-15+/t18?,20-,21-,22?/m1/s1. The lowest BCUT2D eigenvalue weighted by Gasteiger charge is -2.59. The van der Waals surface area contributed by atoms with Crippen molar-refractivity contribution in [1.29, 1.82) is 0 Å². The molecule has 4 atom stereocenters. The van der Waals surface area contributed by atoms with Gasteiger partial charge in [-0.2, -0.15) is 0 Å². The first-order chi connectivity index (χ1) is 12.4. The topological polar surface area (TPSA) is 46.5 Å². The molecule has 0 bridgehead atoms. The van der Waals surface area contributed by atoms with Crippen molar-refractivity contribution < 1.29 is 14.6 Å². The molecule has 1 N–H and O–H groups in total. The SMILES string of the molecule is COC(=O)[C@]1(C)CCC[C@]2(C)C1CCCC2(O)/C=C/Sc1ccccc1. The van der Waals surface area contributed by atoms with Gasteiger partial charge in [0.1, 0.15) is 0 Å². The number of carbonyl (C=O) groups excluding carboxylic acids is 1. The summed E-state index contributed by atoms with van der Waals surface area (Å²) in [5.41, 5.74) is -1.69. The van der Waals surface area contributed by atoms with Crippen LogP contribution in [0.3, 0.4) is 0 Å². The number of hydrogen-bond donors (Lipinski definition) is 1. The molecule has 0 aromatic heterocycles. The zero-order valence-corrected chi connectivity index (χ0v) is 16.8. The molecule has 1 aromatic rings. The third kappa shape index (κ3) is 3.22. The van der Waals surface area contributed by atoms with Crippen LogP contribution >= 0.6 is 11.8 Å². The molecule has 4 heteroatoms. The van der Waals surface area contributed by atoms with Crippen LogP contribution < -0.4 is 0 Å². The normalized spacial score (nSPS) is 37.3. The average Bonchev–Trinajstić information content (AvgIpc) is 2.63. The van der Waals surface area contributed by atoms with Crippen molar-refractivity contribution in [3.05, 3.63) is 41.8 Å². The van der Waals surface area contributed by atoms with Crippen LogP contribution in [0.1, 0.15) is 52.4 Å². The molecule has 3 rings (SSSR count). The van der Waals surface area contributed by atoms with E-state index in [2.05, 4.69) is 19.1 Å². The Balaban J connectivity index is 1.86. The van der Waals surface area contributed by atoms with Gasteiger partial charge in [0.15, 0.2) is 0 Å². The smallest absolute Gasteiger partial charge is 0.311 e. The fraction of sp³-hybridized carbons (Fsp3) is 0.591. The molecule has 0 radical (unpaired) electrons. The molecule has 0 amide bonds. The minimum atomic E-state index is -0.882. The summed E-state index contributed by atoms with van der Waals surface area (Å²) in [6, 6.07) is 10.2. The lowest BCUT2D eigenvalue weighted by Crippen LogP contribution is -2.60.